The van der Waals surface area contributed by atoms with Crippen LogP contribution in [0.2, 0.25) is 0 Å². The average molecular weight is 293 g/mol. The van der Waals surface area contributed by atoms with Crippen LogP contribution < -0.4 is 5.69 Å². The van der Waals surface area contributed by atoms with Gasteiger partial charge in [-0.1, -0.05) is 6.92 Å². The molecule has 1 aromatic heterocycles. The van der Waals surface area contributed by atoms with Gasteiger partial charge in [-0.15, -0.1) is 0 Å². The molecule has 7 heteroatoms. The second-order valence-corrected chi connectivity index (χ2v) is 5.59. The fourth-order valence-electron chi connectivity index (χ4n) is 2.51. The highest BCUT2D eigenvalue weighted by Gasteiger charge is 2.37. The molecule has 2 heterocycles. The minimum atomic E-state index is -0.830. The molecule has 21 heavy (non-hydrogen) atoms. The molecule has 0 spiro atoms. The van der Waals surface area contributed by atoms with Crippen LogP contribution in [-0.4, -0.2) is 44.9 Å². The summed E-state index contributed by atoms with van der Waals surface area (Å²) in [6, 6.07) is 0. The number of hydrogen-bond donors (Lipinski definition) is 2. The van der Waals surface area contributed by atoms with E-state index in [1.165, 1.54) is 0 Å². The summed E-state index contributed by atoms with van der Waals surface area (Å²) in [4.78, 5) is 42.3. The highest BCUT2D eigenvalue weighted by Crippen LogP contribution is 2.25. The molecule has 1 atom stereocenters. The smallest absolute Gasteiger partial charge is 0.345 e. The van der Waals surface area contributed by atoms with Gasteiger partial charge in [-0.25, -0.2) is 4.79 Å². The maximum Gasteiger partial charge on any atom is 0.345 e. The first kappa shape index (κ1) is 15.2. The lowest BCUT2D eigenvalue weighted by atomic mass is 9.86. The minimum Gasteiger partial charge on any atom is -0.481 e. The van der Waals surface area contributed by atoms with Crippen LogP contribution in [0.25, 0.3) is 0 Å². The third kappa shape index (κ3) is 3.12. The lowest BCUT2D eigenvalue weighted by Gasteiger charge is -2.41. The molecule has 2 N–H and O–H groups in total. The van der Waals surface area contributed by atoms with Crippen molar-refractivity contribution in [3.05, 3.63) is 27.4 Å². The zero-order valence-electron chi connectivity index (χ0n) is 12.3. The first-order chi connectivity index (χ1) is 9.79. The van der Waals surface area contributed by atoms with Gasteiger partial charge in [-0.3, -0.25) is 9.59 Å². The minimum absolute atomic E-state index is 0.0161. The molecule has 0 radical (unpaired) electrons. The number of aryl methyl sites for hydroxylation is 2. The van der Waals surface area contributed by atoms with Crippen molar-refractivity contribution in [1.82, 2.24) is 14.9 Å². The van der Waals surface area contributed by atoms with Gasteiger partial charge in [-0.2, -0.15) is 4.98 Å². The van der Waals surface area contributed by atoms with E-state index < -0.39 is 17.6 Å². The van der Waals surface area contributed by atoms with Crippen molar-refractivity contribution in [1.29, 1.82) is 0 Å². The fourth-order valence-corrected chi connectivity index (χ4v) is 2.51. The predicted molar refractivity (Wildman–Crippen MR) is 74.9 cm³/mol. The molecule has 1 fully saturated rings. The number of aromatic nitrogens is 2. The van der Waals surface area contributed by atoms with E-state index in [9.17, 15) is 14.4 Å². The third-order valence-electron chi connectivity index (χ3n) is 4.14. The molecule has 0 aliphatic carbocycles. The number of carboxylic acid groups (broad SMARTS) is 1. The van der Waals surface area contributed by atoms with E-state index in [1.807, 2.05) is 0 Å². The van der Waals surface area contributed by atoms with Crippen LogP contribution in [0, 0.1) is 25.7 Å². The van der Waals surface area contributed by atoms with Crippen LogP contribution in [0.15, 0.2) is 4.79 Å². The van der Waals surface area contributed by atoms with Crippen molar-refractivity contribution < 1.29 is 14.7 Å². The maximum absolute atomic E-state index is 12.2. The van der Waals surface area contributed by atoms with E-state index in [-0.39, 0.29) is 18.2 Å². The van der Waals surface area contributed by atoms with Crippen molar-refractivity contribution in [3.63, 3.8) is 0 Å². The van der Waals surface area contributed by atoms with Gasteiger partial charge >= 0.3 is 11.7 Å². The molecule has 1 saturated heterocycles. The molecule has 1 amide bonds. The third-order valence-corrected chi connectivity index (χ3v) is 4.14. The monoisotopic (exact) mass is 293 g/mol. The van der Waals surface area contributed by atoms with E-state index >= 15 is 0 Å². The van der Waals surface area contributed by atoms with E-state index in [0.29, 0.717) is 24.5 Å². The predicted octanol–water partition coefficient (Wildman–Crippen LogP) is 0.108. The summed E-state index contributed by atoms with van der Waals surface area (Å²) in [6.45, 7) is 6.05. The van der Waals surface area contributed by atoms with Crippen LogP contribution >= 0.6 is 0 Å². The summed E-state index contributed by atoms with van der Waals surface area (Å²) in [7, 11) is 0. The summed E-state index contributed by atoms with van der Waals surface area (Å²) in [5.74, 6) is -1.32. The topological polar surface area (TPSA) is 103 Å². The summed E-state index contributed by atoms with van der Waals surface area (Å²) in [6.07, 6.45) is 0.176. The number of rotatable bonds is 4. The number of likely N-dealkylation sites (tertiary alicyclic amines) is 1. The molecule has 1 aliphatic rings. The molecule has 1 aromatic rings. The Labute approximate surface area is 122 Å². The molecule has 114 valence electrons. The molecule has 2 rings (SSSR count). The van der Waals surface area contributed by atoms with Gasteiger partial charge in [0.1, 0.15) is 0 Å². The van der Waals surface area contributed by atoms with E-state index in [0.717, 1.165) is 5.56 Å². The Balaban J connectivity index is 1.99. The van der Waals surface area contributed by atoms with E-state index in [4.69, 9.17) is 5.11 Å². The molecular formula is C14H19N3O4. The Morgan fingerprint density at radius 3 is 2.57 bits per heavy atom. The number of nitrogens with one attached hydrogen (secondary N) is 1. The quantitative estimate of drug-likeness (QED) is 0.820. The molecule has 0 aromatic carbocycles. The van der Waals surface area contributed by atoms with Crippen LogP contribution in [0.1, 0.15) is 23.9 Å². The lowest BCUT2D eigenvalue weighted by molar-refractivity contribution is -0.150. The number of aliphatic carboxylic acids is 1. The zero-order chi connectivity index (χ0) is 15.7. The Morgan fingerprint density at radius 1 is 1.43 bits per heavy atom. The molecule has 0 saturated carbocycles. The summed E-state index contributed by atoms with van der Waals surface area (Å²) < 4.78 is 0. The highest BCUT2D eigenvalue weighted by atomic mass is 16.4. The largest absolute Gasteiger partial charge is 0.481 e. The Kier molecular flexibility index (Phi) is 4.11. The van der Waals surface area contributed by atoms with Crippen molar-refractivity contribution in [2.45, 2.75) is 27.2 Å². The number of nitrogens with zero attached hydrogens (tertiary/aromatic N) is 2. The second-order valence-electron chi connectivity index (χ2n) is 5.59. The summed E-state index contributed by atoms with van der Waals surface area (Å²) in [5, 5.41) is 8.93. The number of carbonyl (C=O) groups excluding carboxylic acids is 1. The molecule has 7 nitrogen and oxygen atoms in total. The van der Waals surface area contributed by atoms with Gasteiger partial charge in [0, 0.05) is 36.0 Å². The number of carboxylic acids is 1. The van der Waals surface area contributed by atoms with Gasteiger partial charge < -0.3 is 15.0 Å². The maximum atomic E-state index is 12.2. The number of H-pyrrole nitrogens is 1. The lowest BCUT2D eigenvalue weighted by Crippen LogP contribution is -2.54. The van der Waals surface area contributed by atoms with Crippen molar-refractivity contribution in [2.75, 3.05) is 13.1 Å². The first-order valence-electron chi connectivity index (χ1n) is 6.86. The van der Waals surface area contributed by atoms with Crippen LogP contribution in [0.5, 0.6) is 0 Å². The van der Waals surface area contributed by atoms with Crippen LogP contribution in [-0.2, 0) is 16.0 Å². The fraction of sp³-hybridized carbons (Fsp3) is 0.571. The van der Waals surface area contributed by atoms with Gasteiger partial charge in [0.25, 0.3) is 0 Å². The second kappa shape index (κ2) is 5.67. The Hall–Kier alpha value is -2.18. The molecule has 1 aliphatic heterocycles. The average Bonchev–Trinajstić information content (AvgIpc) is 2.31. The van der Waals surface area contributed by atoms with Crippen molar-refractivity contribution in [3.8, 4) is 0 Å². The van der Waals surface area contributed by atoms with Crippen molar-refractivity contribution in [2.24, 2.45) is 11.8 Å². The Bertz CT molecular complexity index is 605. The first-order valence-corrected chi connectivity index (χ1v) is 6.86. The van der Waals surface area contributed by atoms with Gasteiger partial charge in [0.05, 0.1) is 12.3 Å². The molecule has 1 unspecified atom stereocenters. The zero-order valence-corrected chi connectivity index (χ0v) is 12.3. The normalized spacial score (nSPS) is 16.4. The van der Waals surface area contributed by atoms with Crippen LogP contribution in [0.4, 0.5) is 0 Å². The summed E-state index contributed by atoms with van der Waals surface area (Å²) in [5.41, 5.74) is 1.52. The van der Waals surface area contributed by atoms with Gasteiger partial charge in [0.15, 0.2) is 0 Å². The van der Waals surface area contributed by atoms with Gasteiger partial charge in [0.2, 0.25) is 5.91 Å². The number of amides is 1. The van der Waals surface area contributed by atoms with Crippen molar-refractivity contribution >= 4 is 11.9 Å². The van der Waals surface area contributed by atoms with Gasteiger partial charge in [-0.05, 0) is 13.8 Å². The summed E-state index contributed by atoms with van der Waals surface area (Å²) >= 11 is 0. The molecule has 0 bridgehead atoms. The molecular weight excluding hydrogens is 274 g/mol. The highest BCUT2D eigenvalue weighted by molar-refractivity contribution is 5.80. The number of carbonyl (C=O) groups is 2. The van der Waals surface area contributed by atoms with E-state index in [2.05, 4.69) is 9.97 Å². The SMILES string of the molecule is Cc1nc(=O)[nH]c(C)c1CC(=O)N1CC(C(C)C(=O)O)C1. The van der Waals surface area contributed by atoms with E-state index in [1.54, 1.807) is 25.7 Å². The Morgan fingerprint density at radius 2 is 2.05 bits per heavy atom. The van der Waals surface area contributed by atoms with Crippen LogP contribution in [0.3, 0.4) is 0 Å². The number of aromatic amines is 1. The number of hydrogen-bond acceptors (Lipinski definition) is 4. The standard InChI is InChI=1S/C14H19N3O4/c1-7(13(19)20)10-5-17(6-10)12(18)4-11-8(2)15-14(21)16-9(11)3/h7,10H,4-6H2,1-3H3,(H,19,20)(H,15,16,21).